The highest BCUT2D eigenvalue weighted by Crippen LogP contribution is 2.18. The molecular formula is C8H10BrNO2S. The molecule has 3 nitrogen and oxygen atoms in total. The van der Waals surface area contributed by atoms with Crippen molar-refractivity contribution in [1.29, 1.82) is 0 Å². The lowest BCUT2D eigenvalue weighted by atomic mass is 10.1. The number of rotatable bonds is 3. The molecule has 1 aromatic heterocycles. The summed E-state index contributed by atoms with van der Waals surface area (Å²) in [6.07, 6.45) is -0.258. The van der Waals surface area contributed by atoms with Crippen molar-refractivity contribution in [2.24, 2.45) is 0 Å². The maximum Gasteiger partial charge on any atom is 0.107 e. The fourth-order valence-corrected chi connectivity index (χ4v) is 1.32. The fraction of sp³-hybridized carbons (Fsp3) is 0.375. The molecule has 0 aromatic carbocycles. The zero-order valence-electron chi connectivity index (χ0n) is 6.76. The standard InChI is InChI=1S/C8H10BrNO2S/c9-7-2-1-5(3-10-7)8(12)6(11)4-13/h1-3,6,8,11-13H,4H2. The van der Waals surface area contributed by atoms with Gasteiger partial charge in [-0.3, -0.25) is 0 Å². The summed E-state index contributed by atoms with van der Waals surface area (Å²) in [5.74, 6) is 0.219. The molecule has 0 saturated carbocycles. The Labute approximate surface area is 90.4 Å². The average Bonchev–Trinajstić information content (AvgIpc) is 2.17. The smallest absolute Gasteiger partial charge is 0.107 e. The summed E-state index contributed by atoms with van der Waals surface area (Å²) in [6.45, 7) is 0. The Bertz CT molecular complexity index is 267. The third-order valence-corrected chi connectivity index (χ3v) is 2.49. The van der Waals surface area contributed by atoms with Crippen LogP contribution in [0.1, 0.15) is 11.7 Å². The first kappa shape index (κ1) is 11.0. The topological polar surface area (TPSA) is 53.4 Å². The van der Waals surface area contributed by atoms with Crippen molar-refractivity contribution in [1.82, 2.24) is 4.98 Å². The Hall–Kier alpha value is -0.100. The molecule has 2 unspecified atom stereocenters. The van der Waals surface area contributed by atoms with Crippen LogP contribution >= 0.6 is 28.6 Å². The molecule has 2 atom stereocenters. The number of aliphatic hydroxyl groups excluding tert-OH is 2. The SMILES string of the molecule is OC(CS)C(O)c1ccc(Br)nc1. The second-order valence-corrected chi connectivity index (χ2v) is 3.79. The van der Waals surface area contributed by atoms with Crippen LogP contribution in [0.15, 0.2) is 22.9 Å². The van der Waals surface area contributed by atoms with E-state index in [-0.39, 0.29) is 5.75 Å². The number of hydrogen-bond acceptors (Lipinski definition) is 4. The zero-order chi connectivity index (χ0) is 9.84. The molecule has 0 amide bonds. The molecule has 0 aliphatic rings. The predicted octanol–water partition coefficient (Wildman–Crippen LogP) is 1.17. The minimum Gasteiger partial charge on any atom is -0.389 e. The van der Waals surface area contributed by atoms with Crippen molar-refractivity contribution in [3.05, 3.63) is 28.5 Å². The van der Waals surface area contributed by atoms with E-state index >= 15 is 0 Å². The van der Waals surface area contributed by atoms with Crippen LogP contribution in [0.25, 0.3) is 0 Å². The second kappa shape index (κ2) is 4.95. The van der Waals surface area contributed by atoms with Gasteiger partial charge in [0.1, 0.15) is 10.7 Å². The Morgan fingerprint density at radius 3 is 2.62 bits per heavy atom. The van der Waals surface area contributed by atoms with Gasteiger partial charge >= 0.3 is 0 Å². The Kier molecular flexibility index (Phi) is 4.18. The lowest BCUT2D eigenvalue weighted by Crippen LogP contribution is -2.19. The van der Waals surface area contributed by atoms with Crippen molar-refractivity contribution < 1.29 is 10.2 Å². The summed E-state index contributed by atoms with van der Waals surface area (Å²) in [5, 5.41) is 18.8. The van der Waals surface area contributed by atoms with E-state index in [1.807, 2.05) is 0 Å². The van der Waals surface area contributed by atoms with Gasteiger partial charge in [0.05, 0.1) is 6.10 Å². The Balaban J connectivity index is 2.77. The average molecular weight is 264 g/mol. The van der Waals surface area contributed by atoms with Crippen molar-refractivity contribution in [2.75, 3.05) is 5.75 Å². The summed E-state index contributed by atoms with van der Waals surface area (Å²) >= 11 is 7.06. The van der Waals surface area contributed by atoms with Crippen molar-refractivity contribution in [3.63, 3.8) is 0 Å². The van der Waals surface area contributed by atoms with Gasteiger partial charge in [-0.25, -0.2) is 4.98 Å². The van der Waals surface area contributed by atoms with Crippen LogP contribution in [0.2, 0.25) is 0 Å². The molecule has 1 aromatic rings. The Morgan fingerprint density at radius 1 is 1.46 bits per heavy atom. The van der Waals surface area contributed by atoms with Gasteiger partial charge < -0.3 is 10.2 Å². The molecule has 0 aliphatic heterocycles. The molecule has 0 saturated heterocycles. The molecule has 13 heavy (non-hydrogen) atoms. The van der Waals surface area contributed by atoms with Crippen LogP contribution in [-0.2, 0) is 0 Å². The molecule has 1 heterocycles. The number of aliphatic hydroxyl groups is 2. The van der Waals surface area contributed by atoms with E-state index in [0.717, 1.165) is 0 Å². The lowest BCUT2D eigenvalue weighted by Gasteiger charge is -2.15. The van der Waals surface area contributed by atoms with Crippen LogP contribution in [0, 0.1) is 0 Å². The minimum absolute atomic E-state index is 0.219. The van der Waals surface area contributed by atoms with Crippen LogP contribution in [0.5, 0.6) is 0 Å². The van der Waals surface area contributed by atoms with E-state index in [0.29, 0.717) is 10.2 Å². The molecule has 1 rings (SSSR count). The van der Waals surface area contributed by atoms with Gasteiger partial charge in [0.15, 0.2) is 0 Å². The molecule has 0 aliphatic carbocycles. The van der Waals surface area contributed by atoms with Crippen LogP contribution < -0.4 is 0 Å². The first-order valence-electron chi connectivity index (χ1n) is 3.73. The van der Waals surface area contributed by atoms with Crippen molar-refractivity contribution in [3.8, 4) is 0 Å². The van der Waals surface area contributed by atoms with Gasteiger partial charge in [0.25, 0.3) is 0 Å². The molecule has 2 N–H and O–H groups in total. The van der Waals surface area contributed by atoms with Gasteiger partial charge in [0, 0.05) is 17.5 Å². The van der Waals surface area contributed by atoms with E-state index in [1.165, 1.54) is 6.20 Å². The molecule has 0 fully saturated rings. The minimum atomic E-state index is -0.918. The number of hydrogen-bond donors (Lipinski definition) is 3. The highest BCUT2D eigenvalue weighted by molar-refractivity contribution is 9.10. The molecule has 5 heteroatoms. The molecule has 0 bridgehead atoms. The summed E-state index contributed by atoms with van der Waals surface area (Å²) in [4.78, 5) is 3.94. The maximum atomic E-state index is 9.53. The third kappa shape index (κ3) is 2.95. The van der Waals surface area contributed by atoms with Gasteiger partial charge in [-0.05, 0) is 22.0 Å². The second-order valence-electron chi connectivity index (χ2n) is 2.61. The first-order valence-corrected chi connectivity index (χ1v) is 5.16. The number of nitrogens with zero attached hydrogens (tertiary/aromatic N) is 1. The Morgan fingerprint density at radius 2 is 2.15 bits per heavy atom. The molecule has 0 radical (unpaired) electrons. The van der Waals surface area contributed by atoms with E-state index in [2.05, 4.69) is 33.5 Å². The molecule has 72 valence electrons. The maximum absolute atomic E-state index is 9.53. The summed E-state index contributed by atoms with van der Waals surface area (Å²) in [6, 6.07) is 3.41. The zero-order valence-corrected chi connectivity index (χ0v) is 9.24. The third-order valence-electron chi connectivity index (χ3n) is 1.64. The monoisotopic (exact) mass is 263 g/mol. The highest BCUT2D eigenvalue weighted by Gasteiger charge is 2.16. The van der Waals surface area contributed by atoms with E-state index in [4.69, 9.17) is 0 Å². The van der Waals surface area contributed by atoms with Gasteiger partial charge in [0.2, 0.25) is 0 Å². The van der Waals surface area contributed by atoms with Crippen LogP contribution in [-0.4, -0.2) is 27.1 Å². The summed E-state index contributed by atoms with van der Waals surface area (Å²) in [5.41, 5.74) is 0.588. The number of thiol groups is 1. The van der Waals surface area contributed by atoms with Gasteiger partial charge in [-0.2, -0.15) is 12.6 Å². The molecule has 0 spiro atoms. The number of aromatic nitrogens is 1. The van der Waals surface area contributed by atoms with Gasteiger partial charge in [-0.1, -0.05) is 6.07 Å². The van der Waals surface area contributed by atoms with E-state index in [9.17, 15) is 10.2 Å². The van der Waals surface area contributed by atoms with Gasteiger partial charge in [-0.15, -0.1) is 0 Å². The lowest BCUT2D eigenvalue weighted by molar-refractivity contribution is 0.0335. The van der Waals surface area contributed by atoms with E-state index < -0.39 is 12.2 Å². The van der Waals surface area contributed by atoms with Crippen LogP contribution in [0.4, 0.5) is 0 Å². The highest BCUT2D eigenvalue weighted by atomic mass is 79.9. The van der Waals surface area contributed by atoms with Crippen LogP contribution in [0.3, 0.4) is 0 Å². The first-order chi connectivity index (χ1) is 6.15. The van der Waals surface area contributed by atoms with E-state index in [1.54, 1.807) is 12.1 Å². The largest absolute Gasteiger partial charge is 0.389 e. The predicted molar refractivity (Wildman–Crippen MR) is 56.8 cm³/mol. The van der Waals surface area contributed by atoms with Crippen molar-refractivity contribution >= 4 is 28.6 Å². The number of pyridine rings is 1. The summed E-state index contributed by atoms with van der Waals surface area (Å²) < 4.78 is 0.698. The normalized spacial score (nSPS) is 15.4. The quantitative estimate of drug-likeness (QED) is 0.567. The summed E-state index contributed by atoms with van der Waals surface area (Å²) in [7, 11) is 0. The fourth-order valence-electron chi connectivity index (χ4n) is 0.884. The number of halogens is 1. The van der Waals surface area contributed by atoms with Crippen molar-refractivity contribution in [2.45, 2.75) is 12.2 Å². The molecular weight excluding hydrogens is 254 g/mol.